The van der Waals surface area contributed by atoms with E-state index >= 15 is 0 Å². The fourth-order valence-electron chi connectivity index (χ4n) is 1.62. The molecular weight excluding hydrogens is 169 g/mol. The highest BCUT2D eigenvalue weighted by Crippen LogP contribution is 2.33. The van der Waals surface area contributed by atoms with Gasteiger partial charge in [0, 0.05) is 6.54 Å². The van der Waals surface area contributed by atoms with Gasteiger partial charge in [-0.1, -0.05) is 13.8 Å². The van der Waals surface area contributed by atoms with Gasteiger partial charge in [0.05, 0.1) is 0 Å². The molecule has 2 nitrogen and oxygen atoms in total. The van der Waals surface area contributed by atoms with Crippen molar-refractivity contribution in [3.05, 3.63) is 0 Å². The first kappa shape index (κ1) is 10.5. The molecule has 0 aromatic rings. The molecule has 1 rings (SSSR count). The van der Waals surface area contributed by atoms with Crippen LogP contribution < -0.4 is 5.32 Å². The van der Waals surface area contributed by atoms with Crippen LogP contribution in [0.25, 0.3) is 0 Å². The van der Waals surface area contributed by atoms with E-state index in [1.807, 2.05) is 13.8 Å². The fourth-order valence-corrected chi connectivity index (χ4v) is 1.62. The number of hydrogen-bond donors (Lipinski definition) is 1. The van der Waals surface area contributed by atoms with Crippen molar-refractivity contribution in [1.29, 1.82) is 0 Å². The molecule has 0 aromatic carbocycles. The molecule has 1 saturated carbocycles. The Bertz CT molecular complexity index is 185. The van der Waals surface area contributed by atoms with Crippen LogP contribution in [0.5, 0.6) is 0 Å². The summed E-state index contributed by atoms with van der Waals surface area (Å²) in [5.74, 6) is -0.0207. The van der Waals surface area contributed by atoms with Gasteiger partial charge in [-0.25, -0.2) is 4.39 Å². The predicted molar refractivity (Wildman–Crippen MR) is 50.2 cm³/mol. The summed E-state index contributed by atoms with van der Waals surface area (Å²) >= 11 is 0. The zero-order valence-corrected chi connectivity index (χ0v) is 8.40. The standard InChI is InChI=1S/C10H18FNO/c1-8(2)7-12-9(13)10(11)5-3-4-6-10/h8H,3-7H2,1-2H3,(H,12,13). The van der Waals surface area contributed by atoms with Gasteiger partial charge in [-0.2, -0.15) is 0 Å². The normalized spacial score (nSPS) is 20.6. The van der Waals surface area contributed by atoms with Crippen LogP contribution in [-0.2, 0) is 4.79 Å². The topological polar surface area (TPSA) is 29.1 Å². The average Bonchev–Trinajstić information content (AvgIpc) is 2.49. The van der Waals surface area contributed by atoms with Crippen LogP contribution in [0.15, 0.2) is 0 Å². The molecule has 0 bridgehead atoms. The molecule has 0 unspecified atom stereocenters. The number of alkyl halides is 1. The number of nitrogens with one attached hydrogen (secondary N) is 1. The maximum absolute atomic E-state index is 13.7. The van der Waals surface area contributed by atoms with Crippen LogP contribution in [0.1, 0.15) is 39.5 Å². The summed E-state index contributed by atoms with van der Waals surface area (Å²) in [6.07, 6.45) is 2.48. The second kappa shape index (κ2) is 4.07. The van der Waals surface area contributed by atoms with Crippen molar-refractivity contribution in [2.24, 2.45) is 5.92 Å². The van der Waals surface area contributed by atoms with Crippen molar-refractivity contribution in [3.8, 4) is 0 Å². The van der Waals surface area contributed by atoms with E-state index in [1.165, 1.54) is 0 Å². The summed E-state index contributed by atoms with van der Waals surface area (Å²) < 4.78 is 13.7. The van der Waals surface area contributed by atoms with Gasteiger partial charge in [-0.3, -0.25) is 4.79 Å². The number of carbonyl (C=O) groups excluding carboxylic acids is 1. The zero-order chi connectivity index (χ0) is 9.90. The number of hydrogen-bond acceptors (Lipinski definition) is 1. The number of carbonyl (C=O) groups is 1. The number of rotatable bonds is 3. The molecule has 0 aliphatic heterocycles. The van der Waals surface area contributed by atoms with Gasteiger partial charge in [0.15, 0.2) is 5.67 Å². The van der Waals surface area contributed by atoms with Crippen LogP contribution in [-0.4, -0.2) is 18.1 Å². The first-order valence-corrected chi connectivity index (χ1v) is 5.02. The largest absolute Gasteiger partial charge is 0.353 e. The van der Waals surface area contributed by atoms with E-state index in [0.29, 0.717) is 25.3 Å². The van der Waals surface area contributed by atoms with Crippen molar-refractivity contribution < 1.29 is 9.18 Å². The summed E-state index contributed by atoms with van der Waals surface area (Å²) in [6, 6.07) is 0. The van der Waals surface area contributed by atoms with Crippen LogP contribution >= 0.6 is 0 Å². The first-order valence-electron chi connectivity index (χ1n) is 5.02. The highest BCUT2D eigenvalue weighted by atomic mass is 19.1. The molecule has 1 N–H and O–H groups in total. The van der Waals surface area contributed by atoms with E-state index in [1.54, 1.807) is 0 Å². The van der Waals surface area contributed by atoms with E-state index in [9.17, 15) is 9.18 Å². The summed E-state index contributed by atoms with van der Waals surface area (Å²) in [4.78, 5) is 11.4. The fraction of sp³-hybridized carbons (Fsp3) is 0.900. The summed E-state index contributed by atoms with van der Waals surface area (Å²) in [6.45, 7) is 4.57. The van der Waals surface area contributed by atoms with Crippen molar-refractivity contribution in [3.63, 3.8) is 0 Å². The Morgan fingerprint density at radius 1 is 1.46 bits per heavy atom. The van der Waals surface area contributed by atoms with E-state index in [4.69, 9.17) is 0 Å². The second-order valence-electron chi connectivity index (χ2n) is 4.28. The Kier molecular flexibility index (Phi) is 3.28. The lowest BCUT2D eigenvalue weighted by Crippen LogP contribution is -2.42. The number of halogens is 1. The van der Waals surface area contributed by atoms with Crippen LogP contribution in [0.3, 0.4) is 0 Å². The van der Waals surface area contributed by atoms with Gasteiger partial charge >= 0.3 is 0 Å². The van der Waals surface area contributed by atoms with Crippen molar-refractivity contribution in [2.75, 3.05) is 6.54 Å². The van der Waals surface area contributed by atoms with Gasteiger partial charge in [0.1, 0.15) is 0 Å². The lowest BCUT2D eigenvalue weighted by molar-refractivity contribution is -0.132. The summed E-state index contributed by atoms with van der Waals surface area (Å²) in [5.41, 5.74) is -1.56. The van der Waals surface area contributed by atoms with Crippen molar-refractivity contribution in [2.45, 2.75) is 45.2 Å². The average molecular weight is 187 g/mol. The third kappa shape index (κ3) is 2.68. The molecular formula is C10H18FNO. The molecule has 1 aliphatic rings. The van der Waals surface area contributed by atoms with Gasteiger partial charge < -0.3 is 5.32 Å². The Balaban J connectivity index is 2.38. The molecule has 0 heterocycles. The van der Waals surface area contributed by atoms with Gasteiger partial charge in [-0.15, -0.1) is 0 Å². The lowest BCUT2D eigenvalue weighted by atomic mass is 10.0. The third-order valence-electron chi connectivity index (χ3n) is 2.47. The van der Waals surface area contributed by atoms with Crippen LogP contribution in [0, 0.1) is 5.92 Å². The van der Waals surface area contributed by atoms with E-state index < -0.39 is 11.6 Å². The molecule has 13 heavy (non-hydrogen) atoms. The minimum absolute atomic E-state index is 0.383. The lowest BCUT2D eigenvalue weighted by Gasteiger charge is -2.18. The summed E-state index contributed by atoms with van der Waals surface area (Å²) in [5, 5.41) is 2.65. The Labute approximate surface area is 78.9 Å². The first-order chi connectivity index (χ1) is 6.04. The SMILES string of the molecule is CC(C)CNC(=O)C1(F)CCCC1. The maximum Gasteiger partial charge on any atom is 0.257 e. The van der Waals surface area contributed by atoms with E-state index in [-0.39, 0.29) is 0 Å². The highest BCUT2D eigenvalue weighted by molar-refractivity contribution is 5.85. The molecule has 0 atom stereocenters. The second-order valence-corrected chi connectivity index (χ2v) is 4.28. The molecule has 0 saturated heterocycles. The molecule has 3 heteroatoms. The van der Waals surface area contributed by atoms with E-state index in [0.717, 1.165) is 12.8 Å². The molecule has 1 fully saturated rings. The molecule has 1 aliphatic carbocycles. The molecule has 1 amide bonds. The molecule has 76 valence electrons. The van der Waals surface area contributed by atoms with Crippen molar-refractivity contribution >= 4 is 5.91 Å². The Hall–Kier alpha value is -0.600. The monoisotopic (exact) mass is 187 g/mol. The highest BCUT2D eigenvalue weighted by Gasteiger charge is 2.40. The predicted octanol–water partition coefficient (Wildman–Crippen LogP) is 2.04. The van der Waals surface area contributed by atoms with Gasteiger partial charge in [0.2, 0.25) is 0 Å². The Morgan fingerprint density at radius 3 is 2.46 bits per heavy atom. The Morgan fingerprint density at radius 2 is 2.00 bits per heavy atom. The zero-order valence-electron chi connectivity index (χ0n) is 8.40. The quantitative estimate of drug-likeness (QED) is 0.719. The number of amides is 1. The maximum atomic E-state index is 13.7. The molecule has 0 aromatic heterocycles. The van der Waals surface area contributed by atoms with E-state index in [2.05, 4.69) is 5.32 Å². The summed E-state index contributed by atoms with van der Waals surface area (Å²) in [7, 11) is 0. The van der Waals surface area contributed by atoms with Crippen LogP contribution in [0.2, 0.25) is 0 Å². The van der Waals surface area contributed by atoms with Crippen molar-refractivity contribution in [1.82, 2.24) is 5.32 Å². The third-order valence-corrected chi connectivity index (χ3v) is 2.47. The van der Waals surface area contributed by atoms with Gasteiger partial charge in [0.25, 0.3) is 5.91 Å². The minimum Gasteiger partial charge on any atom is -0.353 e. The molecule has 0 spiro atoms. The van der Waals surface area contributed by atoms with Crippen LogP contribution in [0.4, 0.5) is 4.39 Å². The van der Waals surface area contributed by atoms with Gasteiger partial charge in [-0.05, 0) is 31.6 Å². The molecule has 0 radical (unpaired) electrons. The smallest absolute Gasteiger partial charge is 0.257 e. The minimum atomic E-state index is -1.56.